The van der Waals surface area contributed by atoms with E-state index in [9.17, 15) is 9.90 Å². The smallest absolute Gasteiger partial charge is 0.302 e. The van der Waals surface area contributed by atoms with E-state index in [1.54, 1.807) is 0 Å². The van der Waals surface area contributed by atoms with Crippen molar-refractivity contribution in [2.75, 3.05) is 11.5 Å². The molecule has 3 aromatic carbocycles. The maximum Gasteiger partial charge on any atom is 0.302 e. The third-order valence-corrected chi connectivity index (χ3v) is 4.56. The lowest BCUT2D eigenvalue weighted by Crippen LogP contribution is -2.10. The van der Waals surface area contributed by atoms with Gasteiger partial charge in [-0.3, -0.25) is 4.79 Å². The summed E-state index contributed by atoms with van der Waals surface area (Å²) in [4.78, 5) is 13.1. The van der Waals surface area contributed by atoms with Gasteiger partial charge in [-0.2, -0.15) is 0 Å². The van der Waals surface area contributed by atoms with E-state index in [-0.39, 0.29) is 12.6 Å². The SMILES string of the molecule is CC(=O)OCCc1ccc(N(c2ccc(C)cc2)c2ccc(CO)cc2)cc1. The van der Waals surface area contributed by atoms with Gasteiger partial charge < -0.3 is 14.7 Å². The molecule has 0 spiro atoms. The molecular weight excluding hydrogens is 350 g/mol. The maximum absolute atomic E-state index is 10.9. The molecule has 0 radical (unpaired) electrons. The van der Waals surface area contributed by atoms with Gasteiger partial charge in [-0.1, -0.05) is 42.0 Å². The molecule has 0 aliphatic heterocycles. The van der Waals surface area contributed by atoms with Crippen LogP contribution in [0.15, 0.2) is 72.8 Å². The molecule has 0 aliphatic rings. The number of rotatable bonds is 7. The second kappa shape index (κ2) is 9.20. The Balaban J connectivity index is 1.89. The first-order chi connectivity index (χ1) is 13.6. The third-order valence-electron chi connectivity index (χ3n) is 4.56. The van der Waals surface area contributed by atoms with Crippen molar-refractivity contribution in [1.82, 2.24) is 0 Å². The highest BCUT2D eigenvalue weighted by atomic mass is 16.5. The average molecular weight is 375 g/mol. The molecule has 1 N–H and O–H groups in total. The molecule has 0 aromatic heterocycles. The van der Waals surface area contributed by atoms with Crippen LogP contribution in [0.25, 0.3) is 0 Å². The normalized spacial score (nSPS) is 10.5. The molecule has 0 unspecified atom stereocenters. The zero-order chi connectivity index (χ0) is 19.9. The largest absolute Gasteiger partial charge is 0.466 e. The number of anilines is 3. The molecule has 0 amide bonds. The predicted molar refractivity (Wildman–Crippen MR) is 112 cm³/mol. The van der Waals surface area contributed by atoms with E-state index in [1.807, 2.05) is 24.3 Å². The summed E-state index contributed by atoms with van der Waals surface area (Å²) in [7, 11) is 0. The van der Waals surface area contributed by atoms with Gasteiger partial charge in [0.25, 0.3) is 0 Å². The second-order valence-electron chi connectivity index (χ2n) is 6.75. The molecule has 0 saturated carbocycles. The van der Waals surface area contributed by atoms with Gasteiger partial charge in [-0.05, 0) is 54.4 Å². The Hall–Kier alpha value is -3.11. The lowest BCUT2D eigenvalue weighted by atomic mass is 10.1. The van der Waals surface area contributed by atoms with Crippen LogP contribution in [0.5, 0.6) is 0 Å². The molecule has 0 heterocycles. The summed E-state index contributed by atoms with van der Waals surface area (Å²) in [6.45, 7) is 3.91. The van der Waals surface area contributed by atoms with Gasteiger partial charge in [0.05, 0.1) is 13.2 Å². The molecule has 144 valence electrons. The Labute approximate surface area is 166 Å². The number of carbonyl (C=O) groups excluding carboxylic acids is 1. The van der Waals surface area contributed by atoms with Gasteiger partial charge in [0.1, 0.15) is 0 Å². The first-order valence-electron chi connectivity index (χ1n) is 9.36. The van der Waals surface area contributed by atoms with Crippen LogP contribution in [-0.4, -0.2) is 17.7 Å². The molecule has 0 atom stereocenters. The summed E-state index contributed by atoms with van der Waals surface area (Å²) >= 11 is 0. The predicted octanol–water partition coefficient (Wildman–Crippen LogP) is 5.06. The fraction of sp³-hybridized carbons (Fsp3) is 0.208. The van der Waals surface area contributed by atoms with Crippen molar-refractivity contribution < 1.29 is 14.6 Å². The standard InChI is InChI=1S/C24H25NO3/c1-18-3-9-22(10-4-18)25(24-13-7-21(17-26)8-14-24)23-11-5-20(6-12-23)15-16-28-19(2)27/h3-14,26H,15-17H2,1-2H3. The number of ether oxygens (including phenoxy) is 1. The minimum atomic E-state index is -0.256. The van der Waals surface area contributed by atoms with Gasteiger partial charge in [0.2, 0.25) is 0 Å². The Morgan fingerprint density at radius 3 is 1.75 bits per heavy atom. The summed E-state index contributed by atoms with van der Waals surface area (Å²) in [6, 6.07) is 24.5. The number of hydrogen-bond donors (Lipinski definition) is 1. The Bertz CT molecular complexity index is 900. The molecule has 0 fully saturated rings. The Morgan fingerprint density at radius 2 is 1.29 bits per heavy atom. The minimum absolute atomic E-state index is 0.0296. The fourth-order valence-electron chi connectivity index (χ4n) is 3.02. The van der Waals surface area contributed by atoms with E-state index in [0.29, 0.717) is 13.0 Å². The highest BCUT2D eigenvalue weighted by Crippen LogP contribution is 2.34. The van der Waals surface area contributed by atoms with Crippen LogP contribution in [-0.2, 0) is 22.6 Å². The van der Waals surface area contributed by atoms with Gasteiger partial charge in [0.15, 0.2) is 0 Å². The molecule has 4 nitrogen and oxygen atoms in total. The van der Waals surface area contributed by atoms with Gasteiger partial charge >= 0.3 is 5.97 Å². The van der Waals surface area contributed by atoms with Crippen LogP contribution in [0.2, 0.25) is 0 Å². The number of aliphatic hydroxyl groups is 1. The Kier molecular flexibility index (Phi) is 6.45. The molecule has 4 heteroatoms. The van der Waals surface area contributed by atoms with Crippen molar-refractivity contribution in [3.63, 3.8) is 0 Å². The van der Waals surface area contributed by atoms with Gasteiger partial charge in [-0.15, -0.1) is 0 Å². The molecule has 0 aliphatic carbocycles. The van der Waals surface area contributed by atoms with Gasteiger partial charge in [0, 0.05) is 30.4 Å². The molecule has 3 rings (SSSR count). The van der Waals surface area contributed by atoms with Crippen LogP contribution in [0.1, 0.15) is 23.6 Å². The van der Waals surface area contributed by atoms with Crippen LogP contribution < -0.4 is 4.90 Å². The molecule has 0 bridgehead atoms. The molecular formula is C24H25NO3. The first kappa shape index (κ1) is 19.6. The van der Waals surface area contributed by atoms with Crippen molar-refractivity contribution in [3.8, 4) is 0 Å². The van der Waals surface area contributed by atoms with E-state index >= 15 is 0 Å². The zero-order valence-corrected chi connectivity index (χ0v) is 16.3. The number of benzene rings is 3. The molecule has 3 aromatic rings. The fourth-order valence-corrected chi connectivity index (χ4v) is 3.02. The summed E-state index contributed by atoms with van der Waals surface area (Å²) < 4.78 is 5.03. The number of esters is 1. The number of aliphatic hydroxyl groups excluding tert-OH is 1. The summed E-state index contributed by atoms with van der Waals surface area (Å²) in [5.74, 6) is -0.256. The molecule has 28 heavy (non-hydrogen) atoms. The number of hydrogen-bond acceptors (Lipinski definition) is 4. The summed E-state index contributed by atoms with van der Waals surface area (Å²) in [5, 5.41) is 9.32. The van der Waals surface area contributed by atoms with E-state index < -0.39 is 0 Å². The zero-order valence-electron chi connectivity index (χ0n) is 16.3. The highest BCUT2D eigenvalue weighted by Gasteiger charge is 2.12. The average Bonchev–Trinajstić information content (AvgIpc) is 2.71. The summed E-state index contributed by atoms with van der Waals surface area (Å²) in [6.07, 6.45) is 0.690. The maximum atomic E-state index is 10.9. The lowest BCUT2D eigenvalue weighted by molar-refractivity contribution is -0.140. The van der Waals surface area contributed by atoms with Crippen molar-refractivity contribution >= 4 is 23.0 Å². The van der Waals surface area contributed by atoms with Crippen LogP contribution in [0.3, 0.4) is 0 Å². The highest BCUT2D eigenvalue weighted by molar-refractivity contribution is 5.76. The van der Waals surface area contributed by atoms with Crippen LogP contribution in [0, 0.1) is 6.92 Å². The van der Waals surface area contributed by atoms with E-state index in [1.165, 1.54) is 12.5 Å². The van der Waals surface area contributed by atoms with Crippen LogP contribution in [0.4, 0.5) is 17.1 Å². The van der Waals surface area contributed by atoms with Crippen molar-refractivity contribution in [3.05, 3.63) is 89.5 Å². The summed E-state index contributed by atoms with van der Waals surface area (Å²) in [5.41, 5.74) is 6.33. The Morgan fingerprint density at radius 1 is 0.821 bits per heavy atom. The monoisotopic (exact) mass is 375 g/mol. The van der Waals surface area contributed by atoms with E-state index in [4.69, 9.17) is 4.74 Å². The molecule has 0 saturated heterocycles. The van der Waals surface area contributed by atoms with Crippen LogP contribution >= 0.6 is 0 Å². The quantitative estimate of drug-likeness (QED) is 0.586. The topological polar surface area (TPSA) is 49.8 Å². The van der Waals surface area contributed by atoms with Crippen molar-refractivity contribution in [1.29, 1.82) is 0 Å². The van der Waals surface area contributed by atoms with E-state index in [0.717, 1.165) is 28.2 Å². The lowest BCUT2D eigenvalue weighted by Gasteiger charge is -2.26. The van der Waals surface area contributed by atoms with Gasteiger partial charge in [-0.25, -0.2) is 0 Å². The third kappa shape index (κ3) is 4.99. The van der Waals surface area contributed by atoms with Crippen molar-refractivity contribution in [2.45, 2.75) is 26.9 Å². The second-order valence-corrected chi connectivity index (χ2v) is 6.75. The van der Waals surface area contributed by atoms with Crippen molar-refractivity contribution in [2.24, 2.45) is 0 Å². The first-order valence-corrected chi connectivity index (χ1v) is 9.36. The number of carbonyl (C=O) groups is 1. The van der Waals surface area contributed by atoms with E-state index in [2.05, 4.69) is 60.4 Å². The number of aryl methyl sites for hydroxylation is 1. The minimum Gasteiger partial charge on any atom is -0.466 e. The number of nitrogens with zero attached hydrogens (tertiary/aromatic N) is 1.